The maximum Gasteiger partial charge on any atom is 0.341 e. The van der Waals surface area contributed by atoms with E-state index in [9.17, 15) is 4.79 Å². The van der Waals surface area contributed by atoms with Crippen LogP contribution in [0.3, 0.4) is 0 Å². The van der Waals surface area contributed by atoms with E-state index in [1.54, 1.807) is 0 Å². The van der Waals surface area contributed by atoms with Crippen molar-refractivity contribution in [2.24, 2.45) is 5.90 Å². The van der Waals surface area contributed by atoms with Gasteiger partial charge < -0.3 is 10.2 Å². The van der Waals surface area contributed by atoms with Crippen LogP contribution < -0.4 is 11.2 Å². The number of rotatable bonds is 1. The summed E-state index contributed by atoms with van der Waals surface area (Å²) < 4.78 is 0. The van der Waals surface area contributed by atoms with Gasteiger partial charge in [0.05, 0.1) is 0 Å². The van der Waals surface area contributed by atoms with Crippen LogP contribution in [0.4, 0.5) is 0 Å². The molecule has 0 aromatic carbocycles. The number of hydrogen-bond acceptors (Lipinski definition) is 4. The molecule has 1 aliphatic rings. The smallest absolute Gasteiger partial charge is 0.341 e. The first kappa shape index (κ1) is 6.51. The van der Waals surface area contributed by atoms with Crippen LogP contribution in [0.2, 0.25) is 0 Å². The molecule has 0 saturated carbocycles. The fourth-order valence-corrected chi connectivity index (χ4v) is 0.968. The highest BCUT2D eigenvalue weighted by Gasteiger charge is 2.22. The maximum atomic E-state index is 10.6. The Morgan fingerprint density at radius 3 is 3.00 bits per heavy atom. The van der Waals surface area contributed by atoms with Gasteiger partial charge in [0.2, 0.25) is 0 Å². The molecule has 1 rings (SSSR count). The molecule has 0 bridgehead atoms. The summed E-state index contributed by atoms with van der Waals surface area (Å²) in [4.78, 5) is 14.6. The van der Waals surface area contributed by atoms with Gasteiger partial charge in [-0.15, -0.1) is 0 Å². The van der Waals surface area contributed by atoms with E-state index in [1.807, 2.05) is 0 Å². The lowest BCUT2D eigenvalue weighted by molar-refractivity contribution is -0.146. The predicted molar refractivity (Wildman–Crippen MR) is 31.3 cm³/mol. The molecule has 4 heteroatoms. The monoisotopic (exact) mass is 130 g/mol. The average molecular weight is 130 g/mol. The van der Waals surface area contributed by atoms with Crippen molar-refractivity contribution in [2.75, 3.05) is 6.54 Å². The fraction of sp³-hybridized carbons (Fsp3) is 0.800. The van der Waals surface area contributed by atoms with Crippen LogP contribution >= 0.6 is 0 Å². The molecule has 0 aromatic rings. The molecule has 1 aliphatic heterocycles. The summed E-state index contributed by atoms with van der Waals surface area (Å²) in [5.74, 6) is 4.31. The van der Waals surface area contributed by atoms with Gasteiger partial charge in [-0.2, -0.15) is 5.90 Å². The van der Waals surface area contributed by atoms with Gasteiger partial charge in [0.1, 0.15) is 6.04 Å². The zero-order valence-electron chi connectivity index (χ0n) is 5.09. The van der Waals surface area contributed by atoms with Gasteiger partial charge in [-0.1, -0.05) is 0 Å². The van der Waals surface area contributed by atoms with Crippen molar-refractivity contribution in [1.29, 1.82) is 0 Å². The van der Waals surface area contributed by atoms with E-state index in [1.165, 1.54) is 0 Å². The lowest BCUT2D eigenvalue weighted by Gasteiger charge is -2.03. The summed E-state index contributed by atoms with van der Waals surface area (Å²) in [6.45, 7) is 0.889. The van der Waals surface area contributed by atoms with Crippen LogP contribution in [0.1, 0.15) is 12.8 Å². The van der Waals surface area contributed by atoms with E-state index in [2.05, 4.69) is 16.1 Å². The summed E-state index contributed by atoms with van der Waals surface area (Å²) in [6.07, 6.45) is 1.87. The van der Waals surface area contributed by atoms with Gasteiger partial charge in [-0.3, -0.25) is 0 Å². The first-order valence-corrected chi connectivity index (χ1v) is 2.98. The average Bonchev–Trinajstić information content (AvgIpc) is 2.37. The van der Waals surface area contributed by atoms with Crippen LogP contribution in [0.15, 0.2) is 0 Å². The molecule has 1 saturated heterocycles. The quantitative estimate of drug-likeness (QED) is 0.454. The van der Waals surface area contributed by atoms with E-state index in [0.717, 1.165) is 19.4 Å². The normalized spacial score (nSPS) is 26.1. The van der Waals surface area contributed by atoms with E-state index in [0.29, 0.717) is 0 Å². The minimum absolute atomic E-state index is 0.157. The van der Waals surface area contributed by atoms with Crippen molar-refractivity contribution in [3.63, 3.8) is 0 Å². The molecule has 1 fully saturated rings. The van der Waals surface area contributed by atoms with Crippen LogP contribution in [-0.2, 0) is 9.63 Å². The highest BCUT2D eigenvalue weighted by molar-refractivity contribution is 5.75. The Morgan fingerprint density at radius 2 is 2.56 bits per heavy atom. The Bertz CT molecular complexity index is 110. The third-order valence-corrected chi connectivity index (χ3v) is 1.46. The van der Waals surface area contributed by atoms with Gasteiger partial charge in [0, 0.05) is 0 Å². The third-order valence-electron chi connectivity index (χ3n) is 1.46. The van der Waals surface area contributed by atoms with Gasteiger partial charge in [-0.05, 0) is 19.4 Å². The summed E-state index contributed by atoms with van der Waals surface area (Å²) in [5.41, 5.74) is 0. The third kappa shape index (κ3) is 1.40. The van der Waals surface area contributed by atoms with Crippen molar-refractivity contribution in [3.8, 4) is 0 Å². The summed E-state index contributed by atoms with van der Waals surface area (Å²) >= 11 is 0. The molecule has 52 valence electrons. The van der Waals surface area contributed by atoms with Gasteiger partial charge in [0.15, 0.2) is 0 Å². The zero-order valence-corrected chi connectivity index (χ0v) is 5.09. The van der Waals surface area contributed by atoms with Crippen molar-refractivity contribution in [1.82, 2.24) is 5.32 Å². The van der Waals surface area contributed by atoms with Crippen molar-refractivity contribution >= 4 is 5.97 Å². The Balaban J connectivity index is 2.32. The van der Waals surface area contributed by atoms with Crippen LogP contribution in [-0.4, -0.2) is 18.6 Å². The number of carbonyl (C=O) groups is 1. The zero-order chi connectivity index (χ0) is 6.69. The molecule has 3 N–H and O–H groups in total. The number of nitrogens with two attached hydrogens (primary N) is 1. The fourth-order valence-electron chi connectivity index (χ4n) is 0.968. The molecule has 1 atom stereocenters. The van der Waals surface area contributed by atoms with E-state index in [-0.39, 0.29) is 12.0 Å². The molecular formula is C5H10N2O2. The lowest BCUT2D eigenvalue weighted by Crippen LogP contribution is -2.33. The van der Waals surface area contributed by atoms with E-state index < -0.39 is 0 Å². The first-order valence-electron chi connectivity index (χ1n) is 2.98. The topological polar surface area (TPSA) is 64.3 Å². The lowest BCUT2D eigenvalue weighted by atomic mass is 10.2. The van der Waals surface area contributed by atoms with E-state index in [4.69, 9.17) is 0 Å². The van der Waals surface area contributed by atoms with Crippen LogP contribution in [0, 0.1) is 0 Å². The second-order valence-electron chi connectivity index (χ2n) is 2.09. The molecule has 0 aromatic heterocycles. The highest BCUT2D eigenvalue weighted by atomic mass is 16.7. The number of carbonyl (C=O) groups excluding carboxylic acids is 1. The van der Waals surface area contributed by atoms with Gasteiger partial charge >= 0.3 is 5.97 Å². The largest absolute Gasteiger partial charge is 0.372 e. The van der Waals surface area contributed by atoms with Crippen molar-refractivity contribution < 1.29 is 9.63 Å². The molecule has 0 spiro atoms. The standard InChI is InChI=1S/C5H10N2O2/c6-9-5(8)4-2-1-3-7-4/h4,7H,1-3,6H2. The van der Waals surface area contributed by atoms with Gasteiger partial charge in [0.25, 0.3) is 0 Å². The van der Waals surface area contributed by atoms with Crippen LogP contribution in [0.25, 0.3) is 0 Å². The molecule has 0 aliphatic carbocycles. The Labute approximate surface area is 53.3 Å². The molecule has 0 radical (unpaired) electrons. The predicted octanol–water partition coefficient (Wildman–Crippen LogP) is -0.845. The molecule has 9 heavy (non-hydrogen) atoms. The van der Waals surface area contributed by atoms with Crippen LogP contribution in [0.5, 0.6) is 0 Å². The Morgan fingerprint density at radius 1 is 1.78 bits per heavy atom. The van der Waals surface area contributed by atoms with Gasteiger partial charge in [-0.25, -0.2) is 4.79 Å². The second kappa shape index (κ2) is 2.80. The second-order valence-corrected chi connectivity index (χ2v) is 2.09. The summed E-state index contributed by atoms with van der Waals surface area (Å²) in [7, 11) is 0. The Hall–Kier alpha value is -0.610. The minimum atomic E-state index is -0.354. The summed E-state index contributed by atoms with van der Waals surface area (Å²) in [6, 6.07) is -0.157. The molecule has 1 heterocycles. The maximum absolute atomic E-state index is 10.6. The minimum Gasteiger partial charge on any atom is -0.372 e. The Kier molecular flexibility index (Phi) is 2.02. The van der Waals surface area contributed by atoms with E-state index >= 15 is 0 Å². The molecule has 1 unspecified atom stereocenters. The molecule has 0 amide bonds. The number of nitrogens with one attached hydrogen (secondary N) is 1. The van der Waals surface area contributed by atoms with Crippen molar-refractivity contribution in [2.45, 2.75) is 18.9 Å². The first-order chi connectivity index (χ1) is 4.34. The highest BCUT2D eigenvalue weighted by Crippen LogP contribution is 2.04. The SMILES string of the molecule is NOC(=O)C1CCCN1. The summed E-state index contributed by atoms with van der Waals surface area (Å²) in [5, 5.41) is 2.95. The van der Waals surface area contributed by atoms with Crippen molar-refractivity contribution in [3.05, 3.63) is 0 Å². The molecular weight excluding hydrogens is 120 g/mol. The molecule has 4 nitrogen and oxygen atoms in total. The number of hydrogen-bond donors (Lipinski definition) is 2.